The summed E-state index contributed by atoms with van der Waals surface area (Å²) in [6, 6.07) is 11.5. The molecule has 25 heavy (non-hydrogen) atoms. The minimum Gasteiger partial charge on any atom is -0.353 e. The fourth-order valence-corrected chi connectivity index (χ4v) is 3.76. The van der Waals surface area contributed by atoms with Crippen LogP contribution in [0.15, 0.2) is 47.5 Å². The van der Waals surface area contributed by atoms with E-state index in [1.165, 1.54) is 0 Å². The van der Waals surface area contributed by atoms with Gasteiger partial charge in [-0.15, -0.1) is 11.8 Å². The molecule has 0 saturated carbocycles. The van der Waals surface area contributed by atoms with Gasteiger partial charge in [0.1, 0.15) is 5.82 Å². The lowest BCUT2D eigenvalue weighted by Gasteiger charge is -2.35. The van der Waals surface area contributed by atoms with Crippen molar-refractivity contribution in [2.45, 2.75) is 11.3 Å². The monoisotopic (exact) mass is 395 g/mol. The van der Waals surface area contributed by atoms with Crippen LogP contribution in [0.3, 0.4) is 0 Å². The maximum atomic E-state index is 12.4. The molecule has 3 rings (SSSR count). The van der Waals surface area contributed by atoms with Gasteiger partial charge in [0.25, 0.3) is 0 Å². The molecular weight excluding hydrogens is 377 g/mol. The Morgan fingerprint density at radius 3 is 2.32 bits per heavy atom. The SMILES string of the molecule is O=C(CCSc1ccc(Cl)cc1)N1CCN(c2ccc(Cl)cn2)CC1. The van der Waals surface area contributed by atoms with Gasteiger partial charge < -0.3 is 9.80 Å². The summed E-state index contributed by atoms with van der Waals surface area (Å²) in [4.78, 5) is 22.0. The Hall–Kier alpha value is -1.43. The van der Waals surface area contributed by atoms with Crippen LogP contribution < -0.4 is 4.90 Å². The minimum atomic E-state index is 0.213. The molecule has 4 nitrogen and oxygen atoms in total. The maximum absolute atomic E-state index is 12.4. The highest BCUT2D eigenvalue weighted by atomic mass is 35.5. The van der Waals surface area contributed by atoms with E-state index in [0.29, 0.717) is 11.4 Å². The number of piperazine rings is 1. The summed E-state index contributed by atoms with van der Waals surface area (Å²) in [6.45, 7) is 3.05. The standard InChI is InChI=1S/C18H19Cl2N3OS/c19-14-1-4-16(5-2-14)25-12-7-18(24)23-10-8-22(9-11-23)17-6-3-15(20)13-21-17/h1-6,13H,7-12H2. The molecule has 1 aromatic carbocycles. The van der Waals surface area contributed by atoms with Crippen molar-refractivity contribution in [3.05, 3.63) is 52.6 Å². The number of hydrogen-bond acceptors (Lipinski definition) is 4. The second-order valence-corrected chi connectivity index (χ2v) is 7.80. The van der Waals surface area contributed by atoms with Crippen LogP contribution >= 0.6 is 35.0 Å². The van der Waals surface area contributed by atoms with Crippen LogP contribution in [-0.2, 0) is 4.79 Å². The summed E-state index contributed by atoms with van der Waals surface area (Å²) in [5.41, 5.74) is 0. The van der Waals surface area contributed by atoms with E-state index in [0.717, 1.165) is 47.7 Å². The van der Waals surface area contributed by atoms with Gasteiger partial charge in [-0.1, -0.05) is 23.2 Å². The molecule has 1 saturated heterocycles. The molecule has 2 aromatic rings. The molecule has 1 aliphatic heterocycles. The second kappa shape index (κ2) is 8.79. The third-order valence-electron chi connectivity index (χ3n) is 4.07. The summed E-state index contributed by atoms with van der Waals surface area (Å²) in [5, 5.41) is 1.37. The number of thioether (sulfide) groups is 1. The van der Waals surface area contributed by atoms with Crippen molar-refractivity contribution >= 4 is 46.7 Å². The molecule has 0 unspecified atom stereocenters. The molecule has 1 aliphatic rings. The van der Waals surface area contributed by atoms with Crippen molar-refractivity contribution in [3.63, 3.8) is 0 Å². The number of carbonyl (C=O) groups is 1. The molecule has 0 radical (unpaired) electrons. The zero-order chi connectivity index (χ0) is 17.6. The van der Waals surface area contributed by atoms with E-state index in [-0.39, 0.29) is 5.91 Å². The Morgan fingerprint density at radius 2 is 1.68 bits per heavy atom. The lowest BCUT2D eigenvalue weighted by Crippen LogP contribution is -2.49. The molecular formula is C18H19Cl2N3OS. The van der Waals surface area contributed by atoms with E-state index < -0.39 is 0 Å². The third kappa shape index (κ3) is 5.27. The summed E-state index contributed by atoms with van der Waals surface area (Å²) in [5.74, 6) is 1.90. The number of nitrogens with zero attached hydrogens (tertiary/aromatic N) is 3. The molecule has 0 bridgehead atoms. The highest BCUT2D eigenvalue weighted by Gasteiger charge is 2.21. The van der Waals surface area contributed by atoms with Crippen molar-refractivity contribution in [1.82, 2.24) is 9.88 Å². The van der Waals surface area contributed by atoms with E-state index in [1.54, 1.807) is 18.0 Å². The first-order chi connectivity index (χ1) is 12.1. The average molecular weight is 396 g/mol. The Morgan fingerprint density at radius 1 is 1.00 bits per heavy atom. The fourth-order valence-electron chi connectivity index (χ4n) is 2.69. The van der Waals surface area contributed by atoms with Crippen LogP contribution in [0.1, 0.15) is 6.42 Å². The number of benzene rings is 1. The Bertz CT molecular complexity index is 701. The van der Waals surface area contributed by atoms with Crippen molar-refractivity contribution in [2.75, 3.05) is 36.8 Å². The molecule has 0 spiro atoms. The molecule has 7 heteroatoms. The second-order valence-electron chi connectivity index (χ2n) is 5.75. The molecule has 0 aliphatic carbocycles. The number of pyridine rings is 1. The van der Waals surface area contributed by atoms with Gasteiger partial charge in [-0.05, 0) is 36.4 Å². The van der Waals surface area contributed by atoms with E-state index in [4.69, 9.17) is 23.2 Å². The zero-order valence-electron chi connectivity index (χ0n) is 13.7. The van der Waals surface area contributed by atoms with Crippen LogP contribution in [0.25, 0.3) is 0 Å². The van der Waals surface area contributed by atoms with Gasteiger partial charge in [-0.2, -0.15) is 0 Å². The van der Waals surface area contributed by atoms with Crippen molar-refractivity contribution in [3.8, 4) is 0 Å². The maximum Gasteiger partial charge on any atom is 0.223 e. The number of carbonyl (C=O) groups excluding carboxylic acids is 1. The number of amides is 1. The third-order valence-corrected chi connectivity index (χ3v) is 5.56. The molecule has 1 aromatic heterocycles. The summed E-state index contributed by atoms with van der Waals surface area (Å²) in [6.07, 6.45) is 2.20. The van der Waals surface area contributed by atoms with Crippen molar-refractivity contribution in [2.24, 2.45) is 0 Å². The first kappa shape index (κ1) is 18.4. The smallest absolute Gasteiger partial charge is 0.223 e. The zero-order valence-corrected chi connectivity index (χ0v) is 16.0. The fraction of sp³-hybridized carbons (Fsp3) is 0.333. The largest absolute Gasteiger partial charge is 0.353 e. The van der Waals surface area contributed by atoms with Crippen molar-refractivity contribution in [1.29, 1.82) is 0 Å². The highest BCUT2D eigenvalue weighted by molar-refractivity contribution is 7.99. The quantitative estimate of drug-likeness (QED) is 0.710. The van der Waals surface area contributed by atoms with Crippen LogP contribution in [0.4, 0.5) is 5.82 Å². The number of halogens is 2. The van der Waals surface area contributed by atoms with Crippen LogP contribution in [0.2, 0.25) is 10.0 Å². The van der Waals surface area contributed by atoms with Gasteiger partial charge in [-0.25, -0.2) is 4.98 Å². The minimum absolute atomic E-state index is 0.213. The lowest BCUT2D eigenvalue weighted by atomic mass is 10.3. The Labute approximate surface area is 162 Å². The summed E-state index contributed by atoms with van der Waals surface area (Å²) < 4.78 is 0. The molecule has 1 fully saturated rings. The van der Waals surface area contributed by atoms with Gasteiger partial charge in [0, 0.05) is 54.5 Å². The van der Waals surface area contributed by atoms with Gasteiger partial charge in [-0.3, -0.25) is 4.79 Å². The summed E-state index contributed by atoms with van der Waals surface area (Å²) >= 11 is 13.4. The van der Waals surface area contributed by atoms with Crippen LogP contribution in [0.5, 0.6) is 0 Å². The predicted octanol–water partition coefficient (Wildman–Crippen LogP) is 4.22. The number of aromatic nitrogens is 1. The Kier molecular flexibility index (Phi) is 6.45. The molecule has 0 atom stereocenters. The number of rotatable bonds is 5. The van der Waals surface area contributed by atoms with Gasteiger partial charge in [0.2, 0.25) is 5.91 Å². The van der Waals surface area contributed by atoms with Gasteiger partial charge in [0.05, 0.1) is 5.02 Å². The van der Waals surface area contributed by atoms with E-state index >= 15 is 0 Å². The lowest BCUT2D eigenvalue weighted by molar-refractivity contribution is -0.131. The van der Waals surface area contributed by atoms with Crippen LogP contribution in [-0.4, -0.2) is 47.7 Å². The average Bonchev–Trinajstić information content (AvgIpc) is 2.64. The van der Waals surface area contributed by atoms with Gasteiger partial charge in [0.15, 0.2) is 0 Å². The van der Waals surface area contributed by atoms with E-state index in [2.05, 4.69) is 9.88 Å². The van der Waals surface area contributed by atoms with Crippen molar-refractivity contribution < 1.29 is 4.79 Å². The highest BCUT2D eigenvalue weighted by Crippen LogP contribution is 2.22. The Balaban J connectivity index is 1.42. The van der Waals surface area contributed by atoms with E-state index in [9.17, 15) is 4.79 Å². The summed E-state index contributed by atoms with van der Waals surface area (Å²) in [7, 11) is 0. The first-order valence-electron chi connectivity index (χ1n) is 8.14. The molecule has 1 amide bonds. The number of hydrogen-bond donors (Lipinski definition) is 0. The normalized spacial score (nSPS) is 14.6. The van der Waals surface area contributed by atoms with E-state index in [1.807, 2.05) is 41.3 Å². The molecule has 2 heterocycles. The first-order valence-corrected chi connectivity index (χ1v) is 9.88. The number of anilines is 1. The molecule has 0 N–H and O–H groups in total. The van der Waals surface area contributed by atoms with Crippen LogP contribution in [0, 0.1) is 0 Å². The topological polar surface area (TPSA) is 36.4 Å². The molecule has 132 valence electrons. The van der Waals surface area contributed by atoms with Gasteiger partial charge >= 0.3 is 0 Å². The predicted molar refractivity (Wildman–Crippen MR) is 105 cm³/mol.